The highest BCUT2D eigenvalue weighted by atomic mass is 16.5. The van der Waals surface area contributed by atoms with E-state index in [4.69, 9.17) is 4.74 Å². The van der Waals surface area contributed by atoms with Crippen LogP contribution in [0.2, 0.25) is 0 Å². The van der Waals surface area contributed by atoms with Gasteiger partial charge in [-0.2, -0.15) is 0 Å². The van der Waals surface area contributed by atoms with Gasteiger partial charge in [-0.3, -0.25) is 14.4 Å². The van der Waals surface area contributed by atoms with Crippen molar-refractivity contribution in [3.05, 3.63) is 89.5 Å². The van der Waals surface area contributed by atoms with Crippen LogP contribution in [0.25, 0.3) is 0 Å². The predicted octanol–water partition coefficient (Wildman–Crippen LogP) is 3.93. The molecule has 174 valence electrons. The molecule has 1 atom stereocenters. The third kappa shape index (κ3) is 5.26. The number of carbonyl (C=O) groups excluding carboxylic acids is 3. The summed E-state index contributed by atoms with van der Waals surface area (Å²) in [7, 11) is 1.58. The highest BCUT2D eigenvalue weighted by molar-refractivity contribution is 6.07. The van der Waals surface area contributed by atoms with E-state index in [0.29, 0.717) is 23.5 Å². The summed E-state index contributed by atoms with van der Waals surface area (Å²) < 4.78 is 5.16. The average molecular weight is 458 g/mol. The number of nitrogens with one attached hydrogen (secondary N) is 2. The van der Waals surface area contributed by atoms with E-state index in [2.05, 4.69) is 10.6 Å². The lowest BCUT2D eigenvalue weighted by Crippen LogP contribution is -2.29. The molecule has 3 aromatic carbocycles. The fourth-order valence-corrected chi connectivity index (χ4v) is 4.02. The number of rotatable bonds is 7. The lowest BCUT2D eigenvalue weighted by molar-refractivity contribution is -0.122. The third-order valence-corrected chi connectivity index (χ3v) is 5.85. The summed E-state index contributed by atoms with van der Waals surface area (Å²) in [4.78, 5) is 40.0. The Balaban J connectivity index is 1.41. The molecule has 7 nitrogen and oxygen atoms in total. The van der Waals surface area contributed by atoms with Gasteiger partial charge in [-0.05, 0) is 48.9 Å². The maximum atomic E-state index is 13.0. The maximum absolute atomic E-state index is 13.0. The molecule has 1 aliphatic rings. The van der Waals surface area contributed by atoms with Gasteiger partial charge in [0.1, 0.15) is 5.75 Å². The Morgan fingerprint density at radius 3 is 2.53 bits per heavy atom. The van der Waals surface area contributed by atoms with Crippen molar-refractivity contribution < 1.29 is 19.1 Å². The number of amides is 3. The summed E-state index contributed by atoms with van der Waals surface area (Å²) in [5, 5.41) is 5.76. The Morgan fingerprint density at radius 2 is 1.79 bits per heavy atom. The van der Waals surface area contributed by atoms with Crippen molar-refractivity contribution in [1.29, 1.82) is 0 Å². The molecule has 2 N–H and O–H groups in total. The number of methoxy groups -OCH3 is 1. The summed E-state index contributed by atoms with van der Waals surface area (Å²) in [6.45, 7) is 2.66. The Bertz CT molecular complexity index is 1210. The van der Waals surface area contributed by atoms with Gasteiger partial charge in [-0.1, -0.05) is 42.0 Å². The highest BCUT2D eigenvalue weighted by Crippen LogP contribution is 2.28. The molecule has 3 amide bonds. The van der Waals surface area contributed by atoms with Gasteiger partial charge in [0, 0.05) is 25.2 Å². The van der Waals surface area contributed by atoms with Gasteiger partial charge in [-0.15, -0.1) is 0 Å². The van der Waals surface area contributed by atoms with E-state index < -0.39 is 5.92 Å². The van der Waals surface area contributed by atoms with Crippen molar-refractivity contribution in [2.45, 2.75) is 19.9 Å². The molecule has 1 heterocycles. The van der Waals surface area contributed by atoms with Crippen LogP contribution < -0.4 is 20.3 Å². The Labute approximate surface area is 198 Å². The average Bonchev–Trinajstić information content (AvgIpc) is 3.24. The molecule has 4 rings (SSSR count). The highest BCUT2D eigenvalue weighted by Gasteiger charge is 2.35. The first-order valence-electron chi connectivity index (χ1n) is 11.1. The zero-order chi connectivity index (χ0) is 24.1. The molecule has 0 aromatic heterocycles. The summed E-state index contributed by atoms with van der Waals surface area (Å²) in [5.41, 5.74) is 3.63. The van der Waals surface area contributed by atoms with Crippen LogP contribution in [0.5, 0.6) is 5.75 Å². The molecule has 3 aromatic rings. The quantitative estimate of drug-likeness (QED) is 0.563. The van der Waals surface area contributed by atoms with Crippen molar-refractivity contribution in [2.75, 3.05) is 23.9 Å². The molecule has 0 radical (unpaired) electrons. The van der Waals surface area contributed by atoms with Crippen molar-refractivity contribution in [3.8, 4) is 5.75 Å². The molecule has 7 heteroatoms. The second-order valence-corrected chi connectivity index (χ2v) is 8.31. The third-order valence-electron chi connectivity index (χ3n) is 5.85. The Kier molecular flexibility index (Phi) is 6.92. The summed E-state index contributed by atoms with van der Waals surface area (Å²) in [6, 6.07) is 21.9. The number of ether oxygens (including phenoxy) is 1. The zero-order valence-corrected chi connectivity index (χ0v) is 19.2. The number of carbonyl (C=O) groups is 3. The second-order valence-electron chi connectivity index (χ2n) is 8.31. The number of hydrogen-bond donors (Lipinski definition) is 2. The van der Waals surface area contributed by atoms with E-state index in [9.17, 15) is 14.4 Å². The zero-order valence-electron chi connectivity index (χ0n) is 19.2. The van der Waals surface area contributed by atoms with Crippen molar-refractivity contribution in [3.63, 3.8) is 0 Å². The largest absolute Gasteiger partial charge is 0.497 e. The summed E-state index contributed by atoms with van der Waals surface area (Å²) >= 11 is 0. The molecule has 1 aliphatic heterocycles. The number of nitrogens with zero attached hydrogens (tertiary/aromatic N) is 1. The summed E-state index contributed by atoms with van der Waals surface area (Å²) in [5.74, 6) is -0.502. The molecule has 1 saturated heterocycles. The van der Waals surface area contributed by atoms with E-state index in [0.717, 1.165) is 16.8 Å². The van der Waals surface area contributed by atoms with E-state index in [1.165, 1.54) is 0 Å². The topological polar surface area (TPSA) is 87.7 Å². The van der Waals surface area contributed by atoms with Crippen molar-refractivity contribution in [2.24, 2.45) is 5.92 Å². The fraction of sp³-hybridized carbons (Fsp3) is 0.222. The van der Waals surface area contributed by atoms with Crippen LogP contribution in [0.1, 0.15) is 27.9 Å². The van der Waals surface area contributed by atoms with Gasteiger partial charge in [-0.25, -0.2) is 0 Å². The molecule has 0 aliphatic carbocycles. The number of para-hydroxylation sites is 1. The van der Waals surface area contributed by atoms with Gasteiger partial charge >= 0.3 is 0 Å². The molecule has 0 spiro atoms. The molecule has 0 saturated carbocycles. The monoisotopic (exact) mass is 457 g/mol. The maximum Gasteiger partial charge on any atom is 0.253 e. The van der Waals surface area contributed by atoms with E-state index >= 15 is 0 Å². The number of benzene rings is 3. The van der Waals surface area contributed by atoms with E-state index in [1.54, 1.807) is 60.5 Å². The molecule has 34 heavy (non-hydrogen) atoms. The van der Waals surface area contributed by atoms with Gasteiger partial charge in [0.25, 0.3) is 5.91 Å². The lowest BCUT2D eigenvalue weighted by atomic mass is 10.1. The van der Waals surface area contributed by atoms with Gasteiger partial charge < -0.3 is 20.3 Å². The van der Waals surface area contributed by atoms with Gasteiger partial charge in [0.2, 0.25) is 11.8 Å². The number of anilines is 2. The smallest absolute Gasteiger partial charge is 0.253 e. The molecule has 0 unspecified atom stereocenters. The molecule has 0 bridgehead atoms. The Morgan fingerprint density at radius 1 is 1.03 bits per heavy atom. The fourth-order valence-electron chi connectivity index (χ4n) is 4.02. The number of aryl methyl sites for hydroxylation is 1. The first-order chi connectivity index (χ1) is 16.4. The van der Waals surface area contributed by atoms with Crippen LogP contribution >= 0.6 is 0 Å². The minimum absolute atomic E-state index is 0.111. The standard InChI is InChI=1S/C27H27N3O4/c1-18-6-5-7-19(14-18)16-28-27(33)23-8-3-4-9-24(23)29-26(32)20-15-25(31)30(17-20)21-10-12-22(34-2)13-11-21/h3-14,20H,15-17H2,1-2H3,(H,28,33)(H,29,32)/t20-/m1/s1. The van der Waals surface area contributed by atoms with Crippen LogP contribution in [0.4, 0.5) is 11.4 Å². The normalized spacial score (nSPS) is 15.2. The van der Waals surface area contributed by atoms with Gasteiger partial charge in [0.05, 0.1) is 24.3 Å². The number of hydrogen-bond acceptors (Lipinski definition) is 4. The van der Waals surface area contributed by atoms with Crippen LogP contribution in [0.3, 0.4) is 0 Å². The van der Waals surface area contributed by atoms with Gasteiger partial charge in [0.15, 0.2) is 0 Å². The van der Waals surface area contributed by atoms with Crippen LogP contribution in [-0.4, -0.2) is 31.4 Å². The molecular formula is C27H27N3O4. The van der Waals surface area contributed by atoms with Crippen LogP contribution in [-0.2, 0) is 16.1 Å². The first-order valence-corrected chi connectivity index (χ1v) is 11.1. The van der Waals surface area contributed by atoms with Crippen molar-refractivity contribution >= 4 is 29.1 Å². The van der Waals surface area contributed by atoms with Crippen molar-refractivity contribution in [1.82, 2.24) is 5.32 Å². The molecule has 1 fully saturated rings. The predicted molar refractivity (Wildman–Crippen MR) is 131 cm³/mol. The summed E-state index contributed by atoms with van der Waals surface area (Å²) in [6.07, 6.45) is 0.111. The van der Waals surface area contributed by atoms with E-state index in [-0.39, 0.29) is 30.7 Å². The van der Waals surface area contributed by atoms with Crippen LogP contribution in [0.15, 0.2) is 72.8 Å². The minimum atomic E-state index is -0.516. The lowest BCUT2D eigenvalue weighted by Gasteiger charge is -2.17. The minimum Gasteiger partial charge on any atom is -0.497 e. The van der Waals surface area contributed by atoms with E-state index in [1.807, 2.05) is 31.2 Å². The van der Waals surface area contributed by atoms with Crippen LogP contribution in [0, 0.1) is 12.8 Å². The first kappa shape index (κ1) is 23.0. The second kappa shape index (κ2) is 10.2. The molecular weight excluding hydrogens is 430 g/mol. The SMILES string of the molecule is COc1ccc(N2C[C@H](C(=O)Nc3ccccc3C(=O)NCc3cccc(C)c3)CC2=O)cc1. The Hall–Kier alpha value is -4.13.